The Morgan fingerprint density at radius 1 is 1.37 bits per heavy atom. The van der Waals surface area contributed by atoms with Crippen molar-refractivity contribution in [2.24, 2.45) is 0 Å². The molecule has 6 heteroatoms. The molecule has 0 atom stereocenters. The molecule has 0 aliphatic rings. The summed E-state index contributed by atoms with van der Waals surface area (Å²) in [6.45, 7) is 5.09. The Kier molecular flexibility index (Phi) is 4.12. The van der Waals surface area contributed by atoms with E-state index in [4.69, 9.17) is 15.1 Å². The van der Waals surface area contributed by atoms with Crippen molar-refractivity contribution >= 4 is 17.7 Å². The van der Waals surface area contributed by atoms with Crippen molar-refractivity contribution in [3.63, 3.8) is 0 Å². The predicted octanol–water partition coefficient (Wildman–Crippen LogP) is 2.60. The third-order valence-electron chi connectivity index (χ3n) is 2.01. The van der Waals surface area contributed by atoms with Gasteiger partial charge in [0.1, 0.15) is 5.60 Å². The van der Waals surface area contributed by atoms with Crippen LogP contribution in [0.5, 0.6) is 0 Å². The van der Waals surface area contributed by atoms with Crippen LogP contribution in [0.1, 0.15) is 36.7 Å². The van der Waals surface area contributed by atoms with Gasteiger partial charge in [-0.25, -0.2) is 9.59 Å². The molecular formula is C13H14N2O4. The third kappa shape index (κ3) is 4.32. The average molecular weight is 262 g/mol. The smallest absolute Gasteiger partial charge is 0.412 e. The van der Waals surface area contributed by atoms with Crippen molar-refractivity contribution in [1.29, 1.82) is 5.26 Å². The lowest BCUT2D eigenvalue weighted by atomic mass is 10.1. The highest BCUT2D eigenvalue weighted by Gasteiger charge is 2.19. The summed E-state index contributed by atoms with van der Waals surface area (Å²) in [7, 11) is 0. The van der Waals surface area contributed by atoms with E-state index in [-0.39, 0.29) is 16.8 Å². The van der Waals surface area contributed by atoms with Gasteiger partial charge in [0.2, 0.25) is 0 Å². The normalized spacial score (nSPS) is 10.4. The number of hydrogen-bond acceptors (Lipinski definition) is 4. The molecular weight excluding hydrogens is 248 g/mol. The van der Waals surface area contributed by atoms with Gasteiger partial charge in [-0.1, -0.05) is 0 Å². The van der Waals surface area contributed by atoms with Crippen LogP contribution in [0.25, 0.3) is 0 Å². The van der Waals surface area contributed by atoms with Gasteiger partial charge in [0.15, 0.2) is 0 Å². The maximum absolute atomic E-state index is 11.6. The second kappa shape index (κ2) is 5.40. The van der Waals surface area contributed by atoms with Crippen LogP contribution in [0.4, 0.5) is 10.5 Å². The second-order valence-electron chi connectivity index (χ2n) is 4.80. The Bertz CT molecular complexity index is 553. The number of rotatable bonds is 2. The summed E-state index contributed by atoms with van der Waals surface area (Å²) in [4.78, 5) is 22.6. The van der Waals surface area contributed by atoms with Gasteiger partial charge >= 0.3 is 12.1 Å². The lowest BCUT2D eigenvalue weighted by molar-refractivity contribution is 0.0636. The molecule has 1 rings (SSSR count). The highest BCUT2D eigenvalue weighted by atomic mass is 16.6. The monoisotopic (exact) mass is 262 g/mol. The van der Waals surface area contributed by atoms with Gasteiger partial charge in [0.05, 0.1) is 22.9 Å². The van der Waals surface area contributed by atoms with Gasteiger partial charge in [-0.15, -0.1) is 0 Å². The number of amides is 1. The molecule has 0 aliphatic carbocycles. The Hall–Kier alpha value is -2.55. The first-order valence-electron chi connectivity index (χ1n) is 5.50. The van der Waals surface area contributed by atoms with E-state index in [0.29, 0.717) is 0 Å². The quantitative estimate of drug-likeness (QED) is 0.853. The zero-order valence-electron chi connectivity index (χ0n) is 10.9. The maximum atomic E-state index is 11.6. The maximum Gasteiger partial charge on any atom is 0.412 e. The fourth-order valence-corrected chi connectivity index (χ4v) is 1.31. The molecule has 0 spiro atoms. The predicted molar refractivity (Wildman–Crippen MR) is 68.0 cm³/mol. The number of carboxylic acid groups (broad SMARTS) is 1. The summed E-state index contributed by atoms with van der Waals surface area (Å²) in [5.41, 5.74) is -0.558. The minimum atomic E-state index is -1.23. The summed E-state index contributed by atoms with van der Waals surface area (Å²) < 4.78 is 5.02. The Morgan fingerprint density at radius 2 is 2.00 bits per heavy atom. The molecule has 2 N–H and O–H groups in total. The van der Waals surface area contributed by atoms with Crippen LogP contribution in [0.2, 0.25) is 0 Å². The van der Waals surface area contributed by atoms with E-state index < -0.39 is 17.7 Å². The van der Waals surface area contributed by atoms with E-state index in [1.165, 1.54) is 18.2 Å². The lowest BCUT2D eigenvalue weighted by Crippen LogP contribution is -2.27. The van der Waals surface area contributed by atoms with E-state index in [9.17, 15) is 9.59 Å². The number of nitriles is 1. The van der Waals surface area contributed by atoms with Gasteiger partial charge in [-0.3, -0.25) is 5.32 Å². The number of carbonyl (C=O) groups is 2. The van der Waals surface area contributed by atoms with Crippen molar-refractivity contribution in [3.8, 4) is 6.07 Å². The molecule has 19 heavy (non-hydrogen) atoms. The highest BCUT2D eigenvalue weighted by molar-refractivity contribution is 5.99. The zero-order valence-corrected chi connectivity index (χ0v) is 10.9. The molecule has 0 heterocycles. The van der Waals surface area contributed by atoms with E-state index in [0.717, 1.165) is 0 Å². The van der Waals surface area contributed by atoms with E-state index in [1.807, 2.05) is 6.07 Å². The number of benzene rings is 1. The number of hydrogen-bond donors (Lipinski definition) is 2. The summed E-state index contributed by atoms with van der Waals surface area (Å²) >= 11 is 0. The number of carbonyl (C=O) groups excluding carboxylic acids is 1. The molecule has 1 aromatic rings. The number of nitrogens with one attached hydrogen (secondary N) is 1. The van der Waals surface area contributed by atoms with Crippen molar-refractivity contribution in [2.45, 2.75) is 26.4 Å². The van der Waals surface area contributed by atoms with Gasteiger partial charge in [-0.2, -0.15) is 5.26 Å². The van der Waals surface area contributed by atoms with E-state index >= 15 is 0 Å². The molecule has 6 nitrogen and oxygen atoms in total. The summed E-state index contributed by atoms with van der Waals surface area (Å²) in [5, 5.41) is 20.1. The van der Waals surface area contributed by atoms with Crippen LogP contribution in [-0.4, -0.2) is 22.8 Å². The molecule has 1 amide bonds. The van der Waals surface area contributed by atoms with Crippen LogP contribution in [0, 0.1) is 11.3 Å². The van der Waals surface area contributed by atoms with E-state index in [1.54, 1.807) is 20.8 Å². The zero-order chi connectivity index (χ0) is 14.6. The molecule has 0 bridgehead atoms. The molecule has 0 unspecified atom stereocenters. The molecule has 0 aromatic heterocycles. The van der Waals surface area contributed by atoms with Crippen LogP contribution in [0.15, 0.2) is 18.2 Å². The second-order valence-corrected chi connectivity index (χ2v) is 4.80. The van der Waals surface area contributed by atoms with E-state index in [2.05, 4.69) is 5.32 Å². The van der Waals surface area contributed by atoms with Crippen LogP contribution < -0.4 is 5.32 Å². The number of aromatic carboxylic acids is 1. The fraction of sp³-hybridized carbons (Fsp3) is 0.308. The fourth-order valence-electron chi connectivity index (χ4n) is 1.31. The molecule has 1 aromatic carbocycles. The number of carboxylic acids is 1. The first-order valence-corrected chi connectivity index (χ1v) is 5.50. The largest absolute Gasteiger partial charge is 0.478 e. The average Bonchev–Trinajstić information content (AvgIpc) is 2.26. The molecule has 0 radical (unpaired) electrons. The summed E-state index contributed by atoms with van der Waals surface area (Å²) in [5.74, 6) is -1.23. The first-order chi connectivity index (χ1) is 8.73. The topological polar surface area (TPSA) is 99.4 Å². The molecule has 0 fully saturated rings. The molecule has 0 saturated heterocycles. The third-order valence-corrected chi connectivity index (χ3v) is 2.01. The number of anilines is 1. The Morgan fingerprint density at radius 3 is 2.47 bits per heavy atom. The first kappa shape index (κ1) is 14.5. The van der Waals surface area contributed by atoms with Gasteiger partial charge < -0.3 is 9.84 Å². The van der Waals surface area contributed by atoms with Crippen molar-refractivity contribution in [2.75, 3.05) is 5.32 Å². The standard InChI is InChI=1S/C13H14N2O4/c1-13(2,3)19-12(18)15-10-5-4-8(7-14)6-9(10)11(16)17/h4-6H,1-3H3,(H,15,18)(H,16,17). The minimum absolute atomic E-state index is 0.0840. The highest BCUT2D eigenvalue weighted by Crippen LogP contribution is 2.19. The van der Waals surface area contributed by atoms with Crippen molar-refractivity contribution in [3.05, 3.63) is 29.3 Å². The summed E-state index contributed by atoms with van der Waals surface area (Å²) in [6, 6.07) is 5.79. The van der Waals surface area contributed by atoms with Gasteiger partial charge in [0, 0.05) is 0 Å². The summed E-state index contributed by atoms with van der Waals surface area (Å²) in [6.07, 6.45) is -0.750. The van der Waals surface area contributed by atoms with Gasteiger partial charge in [-0.05, 0) is 39.0 Å². The SMILES string of the molecule is CC(C)(C)OC(=O)Nc1ccc(C#N)cc1C(=O)O. The lowest BCUT2D eigenvalue weighted by Gasteiger charge is -2.20. The number of ether oxygens (including phenoxy) is 1. The van der Waals surface area contributed by atoms with Crippen LogP contribution in [0.3, 0.4) is 0 Å². The number of nitrogens with zero attached hydrogens (tertiary/aromatic N) is 1. The van der Waals surface area contributed by atoms with Crippen molar-refractivity contribution in [1.82, 2.24) is 0 Å². The van der Waals surface area contributed by atoms with Crippen molar-refractivity contribution < 1.29 is 19.4 Å². The molecule has 100 valence electrons. The molecule has 0 aliphatic heterocycles. The van der Waals surface area contributed by atoms with Crippen LogP contribution >= 0.6 is 0 Å². The van der Waals surface area contributed by atoms with Crippen LogP contribution in [-0.2, 0) is 4.74 Å². The Balaban J connectivity index is 2.99. The Labute approximate surface area is 110 Å². The van der Waals surface area contributed by atoms with Gasteiger partial charge in [0.25, 0.3) is 0 Å². The molecule has 0 saturated carbocycles. The minimum Gasteiger partial charge on any atom is -0.478 e.